The molecule has 2 N–H and O–H groups in total. The molecule has 0 heterocycles. The van der Waals surface area contributed by atoms with E-state index in [9.17, 15) is 18.0 Å². The molecule has 0 aliphatic heterocycles. The topological polar surface area (TPSA) is 43.1 Å². The molecule has 1 aromatic carbocycles. The van der Waals surface area contributed by atoms with E-state index in [-0.39, 0.29) is 12.3 Å². The molecule has 0 spiro atoms. The predicted molar refractivity (Wildman–Crippen MR) is 60.7 cm³/mol. The molecule has 1 saturated carbocycles. The molecule has 1 amide bonds. The first-order valence-electron chi connectivity index (χ1n) is 5.83. The van der Waals surface area contributed by atoms with Gasteiger partial charge >= 0.3 is 6.18 Å². The summed E-state index contributed by atoms with van der Waals surface area (Å²) in [7, 11) is 0. The second kappa shape index (κ2) is 4.63. The van der Waals surface area contributed by atoms with Gasteiger partial charge in [-0.25, -0.2) is 0 Å². The van der Waals surface area contributed by atoms with Crippen LogP contribution in [0.1, 0.15) is 36.3 Å². The summed E-state index contributed by atoms with van der Waals surface area (Å²) < 4.78 is 37.9. The van der Waals surface area contributed by atoms with Crippen LogP contribution in [0.25, 0.3) is 0 Å². The Labute approximate surface area is 103 Å². The lowest BCUT2D eigenvalue weighted by Crippen LogP contribution is -2.17. The van der Waals surface area contributed by atoms with Crippen LogP contribution in [0.2, 0.25) is 0 Å². The molecule has 98 valence electrons. The molecule has 1 aliphatic carbocycles. The number of primary amides is 1. The summed E-state index contributed by atoms with van der Waals surface area (Å²) in [6, 6.07) is 5.19. The molecule has 0 radical (unpaired) electrons. The van der Waals surface area contributed by atoms with Crippen molar-refractivity contribution in [3.8, 4) is 0 Å². The van der Waals surface area contributed by atoms with Gasteiger partial charge in [0.15, 0.2) is 0 Å². The van der Waals surface area contributed by atoms with Crippen molar-refractivity contribution in [3.05, 3.63) is 35.4 Å². The number of rotatable bonds is 4. The Morgan fingerprint density at radius 1 is 1.39 bits per heavy atom. The summed E-state index contributed by atoms with van der Waals surface area (Å²) in [6.07, 6.45) is -2.33. The monoisotopic (exact) mass is 257 g/mol. The Bertz CT molecular complexity index is 452. The average Bonchev–Trinajstić information content (AvgIpc) is 3.08. The zero-order valence-corrected chi connectivity index (χ0v) is 9.70. The minimum absolute atomic E-state index is 0.117. The molecule has 1 aromatic rings. The molecule has 1 aliphatic rings. The number of benzene rings is 1. The SMILES string of the molecule is NC(=O)CC(c1cccc(C(F)(F)F)c1)C1CC1. The number of hydrogen-bond donors (Lipinski definition) is 1. The quantitative estimate of drug-likeness (QED) is 0.885. The zero-order chi connectivity index (χ0) is 13.3. The van der Waals surface area contributed by atoms with Crippen molar-refractivity contribution in [2.75, 3.05) is 0 Å². The highest BCUT2D eigenvalue weighted by Crippen LogP contribution is 2.45. The Morgan fingerprint density at radius 2 is 2.06 bits per heavy atom. The third-order valence-corrected chi connectivity index (χ3v) is 3.25. The van der Waals surface area contributed by atoms with Crippen molar-refractivity contribution in [2.45, 2.75) is 31.4 Å². The molecule has 2 rings (SSSR count). The van der Waals surface area contributed by atoms with E-state index in [0.29, 0.717) is 11.5 Å². The molecule has 1 atom stereocenters. The first-order chi connectivity index (χ1) is 8.38. The standard InChI is InChI=1S/C13H14F3NO/c14-13(15,16)10-3-1-2-9(6-10)11(7-12(17)18)8-4-5-8/h1-3,6,8,11H,4-5,7H2,(H2,17,18). The van der Waals surface area contributed by atoms with Crippen molar-refractivity contribution in [3.63, 3.8) is 0 Å². The smallest absolute Gasteiger partial charge is 0.370 e. The van der Waals surface area contributed by atoms with Gasteiger partial charge in [-0.3, -0.25) is 4.79 Å². The Hall–Kier alpha value is -1.52. The maximum atomic E-state index is 12.6. The highest BCUT2D eigenvalue weighted by molar-refractivity contribution is 5.75. The third-order valence-electron chi connectivity index (χ3n) is 3.25. The summed E-state index contributed by atoms with van der Waals surface area (Å²) in [5, 5.41) is 0. The fourth-order valence-corrected chi connectivity index (χ4v) is 2.22. The molecule has 1 unspecified atom stereocenters. The fourth-order valence-electron chi connectivity index (χ4n) is 2.22. The fraction of sp³-hybridized carbons (Fsp3) is 0.462. The summed E-state index contributed by atoms with van der Waals surface area (Å²) in [6.45, 7) is 0. The van der Waals surface area contributed by atoms with E-state index in [1.54, 1.807) is 6.07 Å². The van der Waals surface area contributed by atoms with Crippen LogP contribution in [0, 0.1) is 5.92 Å². The second-order valence-corrected chi connectivity index (χ2v) is 4.74. The molecule has 0 bridgehead atoms. The molecule has 5 heteroatoms. The van der Waals surface area contributed by atoms with E-state index < -0.39 is 17.6 Å². The Balaban J connectivity index is 2.27. The van der Waals surface area contributed by atoms with Crippen molar-refractivity contribution >= 4 is 5.91 Å². The summed E-state index contributed by atoms with van der Waals surface area (Å²) in [4.78, 5) is 11.0. The number of carbonyl (C=O) groups excluding carboxylic acids is 1. The van der Waals surface area contributed by atoms with Crippen LogP contribution < -0.4 is 5.73 Å². The van der Waals surface area contributed by atoms with Crippen LogP contribution >= 0.6 is 0 Å². The van der Waals surface area contributed by atoms with Crippen LogP contribution in [-0.2, 0) is 11.0 Å². The Kier molecular flexibility index (Phi) is 3.32. The van der Waals surface area contributed by atoms with Gasteiger partial charge < -0.3 is 5.73 Å². The highest BCUT2D eigenvalue weighted by atomic mass is 19.4. The van der Waals surface area contributed by atoms with Gasteiger partial charge in [0.2, 0.25) is 5.91 Å². The minimum Gasteiger partial charge on any atom is -0.370 e. The lowest BCUT2D eigenvalue weighted by molar-refractivity contribution is -0.137. The van der Waals surface area contributed by atoms with Gasteiger partial charge in [-0.2, -0.15) is 13.2 Å². The maximum Gasteiger partial charge on any atom is 0.416 e. The number of nitrogens with two attached hydrogens (primary N) is 1. The van der Waals surface area contributed by atoms with Crippen LogP contribution in [0.3, 0.4) is 0 Å². The zero-order valence-electron chi connectivity index (χ0n) is 9.70. The van der Waals surface area contributed by atoms with Crippen molar-refractivity contribution < 1.29 is 18.0 Å². The van der Waals surface area contributed by atoms with Crippen LogP contribution in [0.5, 0.6) is 0 Å². The van der Waals surface area contributed by atoms with Gasteiger partial charge in [0.05, 0.1) is 5.56 Å². The highest BCUT2D eigenvalue weighted by Gasteiger charge is 2.35. The van der Waals surface area contributed by atoms with Gasteiger partial charge in [-0.05, 0) is 36.3 Å². The van der Waals surface area contributed by atoms with Gasteiger partial charge in [0.1, 0.15) is 0 Å². The molecule has 2 nitrogen and oxygen atoms in total. The summed E-state index contributed by atoms with van der Waals surface area (Å²) >= 11 is 0. The molecular weight excluding hydrogens is 243 g/mol. The van der Waals surface area contributed by atoms with E-state index in [1.807, 2.05) is 0 Å². The predicted octanol–water partition coefficient (Wildman–Crippen LogP) is 3.07. The number of alkyl halides is 3. The normalized spacial score (nSPS) is 17.5. The van der Waals surface area contributed by atoms with Crippen molar-refractivity contribution in [2.24, 2.45) is 11.7 Å². The van der Waals surface area contributed by atoms with E-state index >= 15 is 0 Å². The van der Waals surface area contributed by atoms with Gasteiger partial charge in [-0.1, -0.05) is 18.2 Å². The summed E-state index contributed by atoms with van der Waals surface area (Å²) in [5.74, 6) is -0.352. The Morgan fingerprint density at radius 3 is 2.56 bits per heavy atom. The average molecular weight is 257 g/mol. The molecule has 0 saturated heterocycles. The molecule has 0 aromatic heterocycles. The van der Waals surface area contributed by atoms with Crippen molar-refractivity contribution in [1.29, 1.82) is 0 Å². The van der Waals surface area contributed by atoms with Crippen LogP contribution in [-0.4, -0.2) is 5.91 Å². The lowest BCUT2D eigenvalue weighted by atomic mass is 9.89. The van der Waals surface area contributed by atoms with Gasteiger partial charge in [-0.15, -0.1) is 0 Å². The number of amides is 1. The van der Waals surface area contributed by atoms with Crippen molar-refractivity contribution in [1.82, 2.24) is 0 Å². The third kappa shape index (κ3) is 3.03. The van der Waals surface area contributed by atoms with Gasteiger partial charge in [0, 0.05) is 6.42 Å². The molecule has 18 heavy (non-hydrogen) atoms. The van der Waals surface area contributed by atoms with E-state index in [0.717, 1.165) is 25.0 Å². The van der Waals surface area contributed by atoms with Gasteiger partial charge in [0.25, 0.3) is 0 Å². The van der Waals surface area contributed by atoms with Crippen LogP contribution in [0.15, 0.2) is 24.3 Å². The molecular formula is C13H14F3NO. The minimum atomic E-state index is -4.35. The summed E-state index contributed by atoms with van der Waals surface area (Å²) in [5.41, 5.74) is 5.05. The van der Waals surface area contributed by atoms with E-state index in [1.165, 1.54) is 6.07 Å². The second-order valence-electron chi connectivity index (χ2n) is 4.74. The first-order valence-corrected chi connectivity index (χ1v) is 5.83. The number of carbonyl (C=O) groups is 1. The largest absolute Gasteiger partial charge is 0.416 e. The number of hydrogen-bond acceptors (Lipinski definition) is 1. The van der Waals surface area contributed by atoms with Crippen LogP contribution in [0.4, 0.5) is 13.2 Å². The van der Waals surface area contributed by atoms with E-state index in [4.69, 9.17) is 5.73 Å². The lowest BCUT2D eigenvalue weighted by Gasteiger charge is -2.16. The van der Waals surface area contributed by atoms with E-state index in [2.05, 4.69) is 0 Å². The maximum absolute atomic E-state index is 12.6. The first kappa shape index (κ1) is 12.9. The number of halogens is 3. The molecule has 1 fully saturated rings.